The first-order valence-electron chi connectivity index (χ1n) is 7.72. The van der Waals surface area contributed by atoms with Crippen LogP contribution in [0.3, 0.4) is 0 Å². The van der Waals surface area contributed by atoms with Gasteiger partial charge in [-0.25, -0.2) is 9.98 Å². The summed E-state index contributed by atoms with van der Waals surface area (Å²) >= 11 is 1.71. The molecule has 22 heavy (non-hydrogen) atoms. The fourth-order valence-electron chi connectivity index (χ4n) is 1.78. The summed E-state index contributed by atoms with van der Waals surface area (Å²) in [5.74, 6) is 0.630. The van der Waals surface area contributed by atoms with Gasteiger partial charge < -0.3 is 15.4 Å². The summed E-state index contributed by atoms with van der Waals surface area (Å²) in [6.07, 6.45) is 5.11. The van der Waals surface area contributed by atoms with Crippen LogP contribution in [0.2, 0.25) is 0 Å². The number of aliphatic imine (C=N–C) groups is 1. The van der Waals surface area contributed by atoms with Gasteiger partial charge in [0.05, 0.1) is 13.7 Å². The van der Waals surface area contributed by atoms with Crippen molar-refractivity contribution in [3.8, 4) is 0 Å². The van der Waals surface area contributed by atoms with E-state index in [4.69, 9.17) is 0 Å². The van der Waals surface area contributed by atoms with Crippen molar-refractivity contribution in [2.24, 2.45) is 4.99 Å². The van der Waals surface area contributed by atoms with Gasteiger partial charge in [0, 0.05) is 30.6 Å². The second-order valence-electron chi connectivity index (χ2n) is 4.73. The number of rotatable bonds is 9. The summed E-state index contributed by atoms with van der Waals surface area (Å²) in [6.45, 7) is 6.34. The van der Waals surface area contributed by atoms with E-state index in [2.05, 4.69) is 32.3 Å². The predicted molar refractivity (Wildman–Crippen MR) is 90.2 cm³/mol. The van der Waals surface area contributed by atoms with Crippen LogP contribution < -0.4 is 10.6 Å². The summed E-state index contributed by atoms with van der Waals surface area (Å²) in [6, 6.07) is 0. The van der Waals surface area contributed by atoms with Gasteiger partial charge in [-0.15, -0.1) is 11.3 Å². The maximum atomic E-state index is 11.0. The first-order chi connectivity index (χ1) is 10.7. The van der Waals surface area contributed by atoms with Gasteiger partial charge in [0.25, 0.3) is 0 Å². The van der Waals surface area contributed by atoms with Crippen molar-refractivity contribution in [1.82, 2.24) is 15.6 Å². The molecular formula is C15H26N4O2S. The molecule has 124 valence electrons. The summed E-state index contributed by atoms with van der Waals surface area (Å²) in [4.78, 5) is 21.2. The highest BCUT2D eigenvalue weighted by Crippen LogP contribution is 2.13. The lowest BCUT2D eigenvalue weighted by Crippen LogP contribution is -2.37. The minimum atomic E-state index is -0.156. The number of carbonyl (C=O) groups excluding carboxylic acids is 1. The average Bonchev–Trinajstić information content (AvgIpc) is 2.99. The van der Waals surface area contributed by atoms with E-state index in [9.17, 15) is 4.79 Å². The first-order valence-corrected chi connectivity index (χ1v) is 8.53. The lowest BCUT2D eigenvalue weighted by Gasteiger charge is -2.10. The van der Waals surface area contributed by atoms with Crippen LogP contribution in [0, 0.1) is 0 Å². The Morgan fingerprint density at radius 1 is 1.36 bits per heavy atom. The van der Waals surface area contributed by atoms with Crippen molar-refractivity contribution in [2.45, 2.75) is 46.1 Å². The smallest absolute Gasteiger partial charge is 0.305 e. The normalized spacial score (nSPS) is 11.3. The number of nitrogens with zero attached hydrogens (tertiary/aromatic N) is 2. The number of aryl methyl sites for hydroxylation is 1. The molecule has 0 bridgehead atoms. The standard InChI is InChI=1S/C15H26N4O2S/c1-4-12-10-18-13(22-12)11-19-15(16-5-2)17-9-7-6-8-14(20)21-3/h10H,4-9,11H2,1-3H3,(H2,16,17,19). The first kappa shape index (κ1) is 18.4. The Balaban J connectivity index is 2.33. The summed E-state index contributed by atoms with van der Waals surface area (Å²) in [5, 5.41) is 7.50. The molecule has 1 heterocycles. The van der Waals surface area contributed by atoms with E-state index in [0.717, 1.165) is 43.3 Å². The molecule has 1 aromatic heterocycles. The van der Waals surface area contributed by atoms with Crippen LogP contribution in [0.1, 0.15) is 43.0 Å². The lowest BCUT2D eigenvalue weighted by molar-refractivity contribution is -0.140. The number of methoxy groups -OCH3 is 1. The van der Waals surface area contributed by atoms with Gasteiger partial charge in [0.1, 0.15) is 5.01 Å². The van der Waals surface area contributed by atoms with Gasteiger partial charge in [-0.3, -0.25) is 4.79 Å². The number of guanidine groups is 1. The lowest BCUT2D eigenvalue weighted by atomic mass is 10.2. The topological polar surface area (TPSA) is 75.6 Å². The number of aromatic nitrogens is 1. The Morgan fingerprint density at radius 2 is 2.18 bits per heavy atom. The van der Waals surface area contributed by atoms with E-state index in [0.29, 0.717) is 13.0 Å². The molecule has 0 aliphatic carbocycles. The van der Waals surface area contributed by atoms with Crippen molar-refractivity contribution >= 4 is 23.3 Å². The molecule has 0 fully saturated rings. The van der Waals surface area contributed by atoms with Gasteiger partial charge in [-0.1, -0.05) is 6.92 Å². The molecule has 0 aromatic carbocycles. The molecule has 0 spiro atoms. The molecule has 0 aliphatic rings. The van der Waals surface area contributed by atoms with Crippen molar-refractivity contribution in [1.29, 1.82) is 0 Å². The van der Waals surface area contributed by atoms with Gasteiger partial charge in [0.2, 0.25) is 0 Å². The van der Waals surface area contributed by atoms with Gasteiger partial charge >= 0.3 is 5.97 Å². The van der Waals surface area contributed by atoms with Crippen LogP contribution in [0.4, 0.5) is 0 Å². The van der Waals surface area contributed by atoms with Crippen LogP contribution in [0.5, 0.6) is 0 Å². The third-order valence-electron chi connectivity index (χ3n) is 2.99. The van der Waals surface area contributed by atoms with Gasteiger partial charge in [-0.05, 0) is 26.2 Å². The third-order valence-corrected chi connectivity index (χ3v) is 4.12. The molecule has 1 aromatic rings. The zero-order valence-electron chi connectivity index (χ0n) is 13.6. The maximum Gasteiger partial charge on any atom is 0.305 e. The number of hydrogen-bond donors (Lipinski definition) is 2. The van der Waals surface area contributed by atoms with Crippen molar-refractivity contribution < 1.29 is 9.53 Å². The molecular weight excluding hydrogens is 300 g/mol. The molecule has 0 unspecified atom stereocenters. The minimum Gasteiger partial charge on any atom is -0.469 e. The molecule has 2 N–H and O–H groups in total. The zero-order chi connectivity index (χ0) is 16.2. The highest BCUT2D eigenvalue weighted by atomic mass is 32.1. The van der Waals surface area contributed by atoms with Crippen molar-refractivity contribution in [3.05, 3.63) is 16.1 Å². The Kier molecular flexibility index (Phi) is 9.21. The van der Waals surface area contributed by atoms with Crippen molar-refractivity contribution in [3.63, 3.8) is 0 Å². The van der Waals surface area contributed by atoms with Crippen LogP contribution in [0.15, 0.2) is 11.2 Å². The minimum absolute atomic E-state index is 0.156. The number of ether oxygens (including phenoxy) is 1. The molecule has 0 saturated carbocycles. The molecule has 0 radical (unpaired) electrons. The second-order valence-corrected chi connectivity index (χ2v) is 5.93. The summed E-state index contributed by atoms with van der Waals surface area (Å²) < 4.78 is 4.61. The Labute approximate surface area is 136 Å². The van der Waals surface area contributed by atoms with Gasteiger partial charge in [-0.2, -0.15) is 0 Å². The Morgan fingerprint density at radius 3 is 2.82 bits per heavy atom. The highest BCUT2D eigenvalue weighted by molar-refractivity contribution is 7.11. The quantitative estimate of drug-likeness (QED) is 0.315. The van der Waals surface area contributed by atoms with E-state index < -0.39 is 0 Å². The van der Waals surface area contributed by atoms with Crippen molar-refractivity contribution in [2.75, 3.05) is 20.2 Å². The molecule has 0 amide bonds. The van der Waals surface area contributed by atoms with Crippen LogP contribution in [0.25, 0.3) is 0 Å². The third kappa shape index (κ3) is 7.40. The van der Waals surface area contributed by atoms with Crippen LogP contribution >= 0.6 is 11.3 Å². The van der Waals surface area contributed by atoms with E-state index in [-0.39, 0.29) is 5.97 Å². The summed E-state index contributed by atoms with van der Waals surface area (Å²) in [5.41, 5.74) is 0. The number of thiazole rings is 1. The molecule has 1 rings (SSSR count). The van der Waals surface area contributed by atoms with E-state index >= 15 is 0 Å². The van der Waals surface area contributed by atoms with E-state index in [1.807, 2.05) is 13.1 Å². The van der Waals surface area contributed by atoms with E-state index in [1.54, 1.807) is 11.3 Å². The van der Waals surface area contributed by atoms with Crippen LogP contribution in [-0.2, 0) is 22.5 Å². The largest absolute Gasteiger partial charge is 0.469 e. The van der Waals surface area contributed by atoms with Crippen LogP contribution in [-0.4, -0.2) is 37.1 Å². The number of carbonyl (C=O) groups is 1. The van der Waals surface area contributed by atoms with E-state index in [1.165, 1.54) is 12.0 Å². The fraction of sp³-hybridized carbons (Fsp3) is 0.667. The number of unbranched alkanes of at least 4 members (excludes halogenated alkanes) is 1. The fourth-order valence-corrected chi connectivity index (χ4v) is 2.56. The second kappa shape index (κ2) is 11.0. The Bertz CT molecular complexity index is 474. The SMILES string of the molecule is CCNC(=NCc1ncc(CC)s1)NCCCCC(=O)OC. The zero-order valence-corrected chi connectivity index (χ0v) is 14.5. The molecule has 7 heteroatoms. The highest BCUT2D eigenvalue weighted by Gasteiger charge is 2.02. The monoisotopic (exact) mass is 326 g/mol. The maximum absolute atomic E-state index is 11.0. The number of esters is 1. The summed E-state index contributed by atoms with van der Waals surface area (Å²) in [7, 11) is 1.42. The molecule has 0 aliphatic heterocycles. The molecule has 6 nitrogen and oxygen atoms in total. The number of nitrogens with one attached hydrogen (secondary N) is 2. The number of hydrogen-bond acceptors (Lipinski definition) is 5. The molecule has 0 saturated heterocycles. The predicted octanol–water partition coefficient (Wildman–Crippen LogP) is 2.10. The average molecular weight is 326 g/mol. The Hall–Kier alpha value is -1.63. The molecule has 0 atom stereocenters. The van der Waals surface area contributed by atoms with Gasteiger partial charge in [0.15, 0.2) is 5.96 Å².